The van der Waals surface area contributed by atoms with Gasteiger partial charge in [-0.1, -0.05) is 26.2 Å². The van der Waals surface area contributed by atoms with Gasteiger partial charge in [-0.3, -0.25) is 0 Å². The van der Waals surface area contributed by atoms with Crippen molar-refractivity contribution in [3.8, 4) is 11.5 Å². The molecule has 0 aromatic heterocycles. The second kappa shape index (κ2) is 9.45. The van der Waals surface area contributed by atoms with Gasteiger partial charge in [0.05, 0.1) is 6.61 Å². The molecule has 2 saturated carbocycles. The molecule has 0 spiro atoms. The number of hydrogen-bond donors (Lipinski definition) is 0. The Bertz CT molecular complexity index is 621. The predicted molar refractivity (Wildman–Crippen MR) is 104 cm³/mol. The van der Waals surface area contributed by atoms with Crippen molar-refractivity contribution in [2.24, 2.45) is 23.7 Å². The van der Waals surface area contributed by atoms with Crippen LogP contribution in [0.2, 0.25) is 0 Å². The number of ether oxygens (including phenoxy) is 1. The van der Waals surface area contributed by atoms with Gasteiger partial charge in [0.1, 0.15) is 11.9 Å². The van der Waals surface area contributed by atoms with Crippen LogP contribution in [0.25, 0.3) is 0 Å². The van der Waals surface area contributed by atoms with Crippen LogP contribution in [0.15, 0.2) is 6.07 Å². The number of halogens is 3. The van der Waals surface area contributed by atoms with E-state index in [1.807, 2.05) is 0 Å². The smallest absolute Gasteiger partial charge is 0.206 e. The van der Waals surface area contributed by atoms with Gasteiger partial charge in [0.25, 0.3) is 0 Å². The van der Waals surface area contributed by atoms with Crippen molar-refractivity contribution >= 4 is 11.9 Å². The Morgan fingerprint density at radius 1 is 0.926 bits per heavy atom. The third-order valence-electron chi connectivity index (χ3n) is 6.89. The molecule has 0 unspecified atom stereocenters. The van der Waals surface area contributed by atoms with E-state index in [1.165, 1.54) is 51.0 Å². The molecular weight excluding hydrogens is 370 g/mol. The lowest BCUT2D eigenvalue weighted by Crippen LogP contribution is -2.27. The van der Waals surface area contributed by atoms with Crippen LogP contribution < -0.4 is 9.03 Å². The van der Waals surface area contributed by atoms with Gasteiger partial charge in [-0.25, -0.2) is 0 Å². The summed E-state index contributed by atoms with van der Waals surface area (Å²) < 4.78 is 38.1. The minimum Gasteiger partial charge on any atom is -0.490 e. The summed E-state index contributed by atoms with van der Waals surface area (Å²) in [6, 6.07) is 1.37. The summed E-state index contributed by atoms with van der Waals surface area (Å²) in [6.45, 7) is 4.41. The van der Waals surface area contributed by atoms with E-state index in [2.05, 4.69) is 11.2 Å². The van der Waals surface area contributed by atoms with Gasteiger partial charge >= 0.3 is 0 Å². The molecule has 0 atom stereocenters. The van der Waals surface area contributed by atoms with Crippen LogP contribution in [-0.2, 0) is 0 Å². The van der Waals surface area contributed by atoms with Crippen molar-refractivity contribution in [2.45, 2.75) is 71.6 Å². The second-order valence-corrected chi connectivity index (χ2v) is 8.66. The first-order chi connectivity index (χ1) is 13.0. The van der Waals surface area contributed by atoms with Crippen LogP contribution >= 0.6 is 11.9 Å². The van der Waals surface area contributed by atoms with E-state index in [4.69, 9.17) is 16.6 Å². The highest BCUT2D eigenvalue weighted by Crippen LogP contribution is 2.42. The lowest BCUT2D eigenvalue weighted by Gasteiger charge is -2.37. The maximum atomic E-state index is 14.2. The summed E-state index contributed by atoms with van der Waals surface area (Å²) in [5, 5.41) is 0. The van der Waals surface area contributed by atoms with Gasteiger partial charge < -0.3 is 9.03 Å². The molecule has 0 heterocycles. The molecular formula is C22H31ClF2O2. The second-order valence-electron chi connectivity index (χ2n) is 8.51. The van der Waals surface area contributed by atoms with Crippen LogP contribution in [0.5, 0.6) is 11.5 Å². The molecule has 0 aliphatic heterocycles. The fourth-order valence-corrected chi connectivity index (χ4v) is 5.15. The zero-order valence-electron chi connectivity index (χ0n) is 16.4. The Kier molecular flexibility index (Phi) is 7.24. The molecule has 0 amide bonds. The van der Waals surface area contributed by atoms with Gasteiger partial charge in [-0.15, -0.1) is 0 Å². The number of aryl methyl sites for hydroxylation is 1. The van der Waals surface area contributed by atoms with Crippen molar-refractivity contribution in [3.05, 3.63) is 23.3 Å². The highest BCUT2D eigenvalue weighted by atomic mass is 35.5. The molecule has 2 fully saturated rings. The summed E-state index contributed by atoms with van der Waals surface area (Å²) in [7, 11) is 0. The molecule has 1 aromatic rings. The Morgan fingerprint density at radius 2 is 1.48 bits per heavy atom. The highest BCUT2D eigenvalue weighted by Gasteiger charge is 2.31. The number of hydrogen-bond acceptors (Lipinski definition) is 2. The SMILES string of the molecule is CCC1CCC(C2CCC(COc3c(C)cc(OCl)c(F)c3F)CC2)CC1. The fraction of sp³-hybridized carbons (Fsp3) is 0.727. The molecule has 5 heteroatoms. The Labute approximate surface area is 166 Å². The molecule has 3 rings (SSSR count). The monoisotopic (exact) mass is 400 g/mol. The Hall–Kier alpha value is -1.03. The molecule has 0 radical (unpaired) electrons. The highest BCUT2D eigenvalue weighted by molar-refractivity contribution is 6.09. The average molecular weight is 401 g/mol. The molecule has 1 aromatic carbocycles. The minimum absolute atomic E-state index is 0.0232. The molecule has 2 aliphatic carbocycles. The summed E-state index contributed by atoms with van der Waals surface area (Å²) in [6.07, 6.45) is 11.6. The first-order valence-electron chi connectivity index (χ1n) is 10.4. The van der Waals surface area contributed by atoms with Gasteiger partial charge in [0.15, 0.2) is 11.5 Å². The molecule has 2 nitrogen and oxygen atoms in total. The third-order valence-corrected chi connectivity index (χ3v) is 7.05. The lowest BCUT2D eigenvalue weighted by molar-refractivity contribution is 0.121. The number of benzene rings is 1. The van der Waals surface area contributed by atoms with Crippen molar-refractivity contribution in [2.75, 3.05) is 6.61 Å². The Balaban J connectivity index is 1.48. The van der Waals surface area contributed by atoms with Crippen LogP contribution in [0.3, 0.4) is 0 Å². The van der Waals surface area contributed by atoms with E-state index >= 15 is 0 Å². The summed E-state index contributed by atoms with van der Waals surface area (Å²) in [5.74, 6) is 0.645. The van der Waals surface area contributed by atoms with E-state index in [0.29, 0.717) is 18.1 Å². The largest absolute Gasteiger partial charge is 0.490 e. The summed E-state index contributed by atoms with van der Waals surface area (Å²) in [5.41, 5.74) is 0.492. The Morgan fingerprint density at radius 3 is 2.00 bits per heavy atom. The molecule has 152 valence electrons. The first-order valence-corrected chi connectivity index (χ1v) is 10.7. The maximum Gasteiger partial charge on any atom is 0.206 e. The zero-order valence-corrected chi connectivity index (χ0v) is 17.2. The molecule has 0 bridgehead atoms. The van der Waals surface area contributed by atoms with E-state index in [9.17, 15) is 8.78 Å². The average Bonchev–Trinajstić information content (AvgIpc) is 2.71. The number of rotatable bonds is 6. The van der Waals surface area contributed by atoms with Crippen molar-refractivity contribution in [1.29, 1.82) is 0 Å². The van der Waals surface area contributed by atoms with E-state index in [1.54, 1.807) is 6.92 Å². The zero-order chi connectivity index (χ0) is 19.4. The van der Waals surface area contributed by atoms with Gasteiger partial charge in [-0.2, -0.15) is 8.78 Å². The maximum absolute atomic E-state index is 14.2. The van der Waals surface area contributed by atoms with Crippen LogP contribution in [0.4, 0.5) is 8.78 Å². The molecule has 0 N–H and O–H groups in total. The van der Waals surface area contributed by atoms with Crippen molar-refractivity contribution < 1.29 is 17.8 Å². The molecule has 2 aliphatic rings. The molecule has 0 saturated heterocycles. The van der Waals surface area contributed by atoms with E-state index in [-0.39, 0.29) is 11.5 Å². The van der Waals surface area contributed by atoms with E-state index < -0.39 is 11.6 Å². The molecule has 27 heavy (non-hydrogen) atoms. The van der Waals surface area contributed by atoms with Gasteiger partial charge in [0, 0.05) is 0 Å². The van der Waals surface area contributed by atoms with Crippen molar-refractivity contribution in [1.82, 2.24) is 0 Å². The van der Waals surface area contributed by atoms with Gasteiger partial charge in [-0.05, 0) is 80.8 Å². The quantitative estimate of drug-likeness (QED) is 0.502. The topological polar surface area (TPSA) is 18.5 Å². The summed E-state index contributed by atoms with van der Waals surface area (Å²) >= 11 is 5.17. The summed E-state index contributed by atoms with van der Waals surface area (Å²) in [4.78, 5) is 0. The van der Waals surface area contributed by atoms with Crippen LogP contribution in [-0.4, -0.2) is 6.61 Å². The van der Waals surface area contributed by atoms with Crippen LogP contribution in [0, 0.1) is 42.2 Å². The first kappa shape index (κ1) is 20.7. The van der Waals surface area contributed by atoms with Crippen LogP contribution in [0.1, 0.15) is 70.3 Å². The predicted octanol–water partition coefficient (Wildman–Crippen LogP) is 7.21. The minimum atomic E-state index is -1.10. The van der Waals surface area contributed by atoms with E-state index in [0.717, 1.165) is 30.6 Å². The van der Waals surface area contributed by atoms with Gasteiger partial charge in [0.2, 0.25) is 11.6 Å². The lowest BCUT2D eigenvalue weighted by atomic mass is 9.69. The standard InChI is InChI=1S/C22H31ClF2O2/c1-3-15-4-8-17(9-5-15)18-10-6-16(7-11-18)13-26-22-14(2)12-19(27-23)20(24)21(22)25/h12,15-18H,3-11,13H2,1-2H3. The third kappa shape index (κ3) is 4.88. The van der Waals surface area contributed by atoms with Crippen molar-refractivity contribution in [3.63, 3.8) is 0 Å². The fourth-order valence-electron chi connectivity index (χ4n) is 5.04. The normalized spacial score (nSPS) is 28.8.